The Balaban J connectivity index is 2.14. The van der Waals surface area contributed by atoms with Gasteiger partial charge in [-0.3, -0.25) is 4.79 Å². The summed E-state index contributed by atoms with van der Waals surface area (Å²) in [6.07, 6.45) is 3.19. The second-order valence-electron chi connectivity index (χ2n) is 3.61. The van der Waals surface area contributed by atoms with Crippen molar-refractivity contribution in [3.05, 3.63) is 47.5 Å². The molecule has 0 radical (unpaired) electrons. The number of aromatic nitrogens is 1. The summed E-state index contributed by atoms with van der Waals surface area (Å²) in [5.41, 5.74) is 1.86. The third kappa shape index (κ3) is 2.11. The molecule has 4 heteroatoms. The quantitative estimate of drug-likeness (QED) is 0.839. The Kier molecular flexibility index (Phi) is 2.72. The zero-order chi connectivity index (χ0) is 11.5. The van der Waals surface area contributed by atoms with E-state index in [9.17, 15) is 4.79 Å². The summed E-state index contributed by atoms with van der Waals surface area (Å²) in [5, 5.41) is 2.67. The van der Waals surface area contributed by atoms with E-state index in [-0.39, 0.29) is 5.91 Å². The van der Waals surface area contributed by atoms with Crippen LogP contribution in [0.1, 0.15) is 21.7 Å². The first-order chi connectivity index (χ1) is 7.66. The van der Waals surface area contributed by atoms with Crippen LogP contribution in [0.2, 0.25) is 0 Å². The highest BCUT2D eigenvalue weighted by atomic mass is 16.3. The zero-order valence-corrected chi connectivity index (χ0v) is 9.15. The molecular formula is C12H12N2O2. The summed E-state index contributed by atoms with van der Waals surface area (Å²) < 4.78 is 5.08. The molecule has 0 aliphatic heterocycles. The third-order valence-electron chi connectivity index (χ3n) is 2.22. The molecule has 4 nitrogen and oxygen atoms in total. The first-order valence-corrected chi connectivity index (χ1v) is 4.95. The van der Waals surface area contributed by atoms with Crippen molar-refractivity contribution in [1.82, 2.24) is 4.98 Å². The minimum absolute atomic E-state index is 0.279. The number of carbonyl (C=O) groups is 1. The smallest absolute Gasteiger partial charge is 0.292 e. The zero-order valence-electron chi connectivity index (χ0n) is 9.15. The molecule has 2 rings (SSSR count). The van der Waals surface area contributed by atoms with Gasteiger partial charge < -0.3 is 9.73 Å². The lowest BCUT2D eigenvalue weighted by Gasteiger charge is -2.02. The van der Waals surface area contributed by atoms with Crippen LogP contribution in [0.25, 0.3) is 0 Å². The van der Waals surface area contributed by atoms with E-state index in [2.05, 4.69) is 10.3 Å². The van der Waals surface area contributed by atoms with E-state index in [1.807, 2.05) is 19.9 Å². The van der Waals surface area contributed by atoms with Gasteiger partial charge in [0.05, 0.1) is 6.26 Å². The highest BCUT2D eigenvalue weighted by Crippen LogP contribution is 2.11. The Morgan fingerprint density at radius 2 is 2.12 bits per heavy atom. The van der Waals surface area contributed by atoms with Crippen LogP contribution in [0.3, 0.4) is 0 Å². The van der Waals surface area contributed by atoms with Crippen molar-refractivity contribution in [2.24, 2.45) is 0 Å². The van der Waals surface area contributed by atoms with Crippen LogP contribution in [0, 0.1) is 13.8 Å². The van der Waals surface area contributed by atoms with Crippen molar-refractivity contribution >= 4 is 11.7 Å². The predicted molar refractivity (Wildman–Crippen MR) is 60.4 cm³/mol. The van der Waals surface area contributed by atoms with E-state index in [1.165, 1.54) is 6.26 Å². The number of pyridine rings is 1. The Hall–Kier alpha value is -2.10. The number of nitrogens with zero attached hydrogens (tertiary/aromatic N) is 1. The average molecular weight is 216 g/mol. The van der Waals surface area contributed by atoms with Crippen molar-refractivity contribution in [2.75, 3.05) is 5.32 Å². The van der Waals surface area contributed by atoms with Crippen LogP contribution in [-0.4, -0.2) is 10.9 Å². The van der Waals surface area contributed by atoms with Gasteiger partial charge in [-0.15, -0.1) is 0 Å². The molecule has 0 saturated heterocycles. The van der Waals surface area contributed by atoms with Crippen molar-refractivity contribution in [2.45, 2.75) is 13.8 Å². The Morgan fingerprint density at radius 1 is 1.31 bits per heavy atom. The molecule has 1 amide bonds. The predicted octanol–water partition coefficient (Wildman–Crippen LogP) is 2.54. The van der Waals surface area contributed by atoms with Crippen molar-refractivity contribution < 1.29 is 9.21 Å². The van der Waals surface area contributed by atoms with Gasteiger partial charge in [0, 0.05) is 11.8 Å². The monoisotopic (exact) mass is 216 g/mol. The van der Waals surface area contributed by atoms with Gasteiger partial charge in [-0.2, -0.15) is 0 Å². The van der Waals surface area contributed by atoms with Gasteiger partial charge in [0.25, 0.3) is 5.91 Å². The summed E-state index contributed by atoms with van der Waals surface area (Å²) >= 11 is 0. The number of nitrogens with one attached hydrogen (secondary N) is 1. The molecule has 82 valence electrons. The number of amides is 1. The highest BCUT2D eigenvalue weighted by molar-refractivity contribution is 6.02. The fourth-order valence-corrected chi connectivity index (χ4v) is 1.32. The standard InChI is InChI=1S/C12H12N2O2/c1-8-3-4-10(13-7-8)14-12(15)11-9(2)5-6-16-11/h3-7H,1-2H3,(H,13,14,15). The largest absolute Gasteiger partial charge is 0.459 e. The molecule has 2 heterocycles. The van der Waals surface area contributed by atoms with E-state index in [4.69, 9.17) is 4.42 Å². The summed E-state index contributed by atoms with van der Waals surface area (Å²) in [5.74, 6) is 0.563. The van der Waals surface area contributed by atoms with Gasteiger partial charge in [-0.05, 0) is 31.5 Å². The fourth-order valence-electron chi connectivity index (χ4n) is 1.32. The molecule has 0 spiro atoms. The fraction of sp³-hybridized carbons (Fsp3) is 0.167. The molecule has 0 saturated carbocycles. The van der Waals surface area contributed by atoms with E-state index < -0.39 is 0 Å². The first-order valence-electron chi connectivity index (χ1n) is 4.95. The van der Waals surface area contributed by atoms with Gasteiger partial charge in [0.1, 0.15) is 5.82 Å². The average Bonchev–Trinajstić information content (AvgIpc) is 2.68. The van der Waals surface area contributed by atoms with Gasteiger partial charge in [-0.25, -0.2) is 4.98 Å². The van der Waals surface area contributed by atoms with Crippen molar-refractivity contribution in [3.63, 3.8) is 0 Å². The lowest BCUT2D eigenvalue weighted by molar-refractivity contribution is 0.0995. The molecule has 0 aliphatic carbocycles. The normalized spacial score (nSPS) is 10.1. The number of hydrogen-bond donors (Lipinski definition) is 1. The maximum Gasteiger partial charge on any atom is 0.292 e. The number of hydrogen-bond acceptors (Lipinski definition) is 3. The van der Waals surface area contributed by atoms with Crippen LogP contribution in [0.5, 0.6) is 0 Å². The number of anilines is 1. The molecule has 16 heavy (non-hydrogen) atoms. The molecule has 0 aromatic carbocycles. The van der Waals surface area contributed by atoms with Crippen LogP contribution < -0.4 is 5.32 Å². The Labute approximate surface area is 93.3 Å². The second kappa shape index (κ2) is 4.18. The lowest BCUT2D eigenvalue weighted by atomic mass is 10.2. The lowest BCUT2D eigenvalue weighted by Crippen LogP contribution is -2.13. The molecule has 2 aromatic rings. The minimum atomic E-state index is -0.279. The molecule has 1 N–H and O–H groups in total. The van der Waals surface area contributed by atoms with Crippen LogP contribution in [0.15, 0.2) is 35.1 Å². The maximum absolute atomic E-state index is 11.7. The SMILES string of the molecule is Cc1ccc(NC(=O)c2occc2C)nc1. The molecule has 2 aromatic heterocycles. The molecule has 0 fully saturated rings. The number of furan rings is 1. The van der Waals surface area contributed by atoms with Gasteiger partial charge >= 0.3 is 0 Å². The minimum Gasteiger partial charge on any atom is -0.459 e. The second-order valence-corrected chi connectivity index (χ2v) is 3.61. The van der Waals surface area contributed by atoms with E-state index in [1.54, 1.807) is 18.3 Å². The molecule has 0 atom stereocenters. The first kappa shape index (κ1) is 10.4. The number of aryl methyl sites for hydroxylation is 2. The van der Waals surface area contributed by atoms with E-state index >= 15 is 0 Å². The van der Waals surface area contributed by atoms with Crippen molar-refractivity contribution in [3.8, 4) is 0 Å². The highest BCUT2D eigenvalue weighted by Gasteiger charge is 2.12. The molecule has 0 unspecified atom stereocenters. The van der Waals surface area contributed by atoms with Crippen LogP contribution >= 0.6 is 0 Å². The Bertz CT molecular complexity index is 500. The summed E-state index contributed by atoms with van der Waals surface area (Å²) in [4.78, 5) is 15.8. The summed E-state index contributed by atoms with van der Waals surface area (Å²) in [7, 11) is 0. The molecule has 0 bridgehead atoms. The van der Waals surface area contributed by atoms with E-state index in [0.29, 0.717) is 11.6 Å². The van der Waals surface area contributed by atoms with Gasteiger partial charge in [0.15, 0.2) is 5.76 Å². The molecular weight excluding hydrogens is 204 g/mol. The van der Waals surface area contributed by atoms with E-state index in [0.717, 1.165) is 11.1 Å². The van der Waals surface area contributed by atoms with Crippen molar-refractivity contribution in [1.29, 1.82) is 0 Å². The van der Waals surface area contributed by atoms with Crippen LogP contribution in [0.4, 0.5) is 5.82 Å². The number of rotatable bonds is 2. The van der Waals surface area contributed by atoms with Gasteiger partial charge in [0.2, 0.25) is 0 Å². The summed E-state index contributed by atoms with van der Waals surface area (Å²) in [6, 6.07) is 5.39. The number of carbonyl (C=O) groups excluding carboxylic acids is 1. The topological polar surface area (TPSA) is 55.1 Å². The van der Waals surface area contributed by atoms with Gasteiger partial charge in [-0.1, -0.05) is 6.07 Å². The Morgan fingerprint density at radius 3 is 2.69 bits per heavy atom. The maximum atomic E-state index is 11.7. The summed E-state index contributed by atoms with van der Waals surface area (Å²) in [6.45, 7) is 3.76. The van der Waals surface area contributed by atoms with Crippen LogP contribution in [-0.2, 0) is 0 Å². The molecule has 0 aliphatic rings. The third-order valence-corrected chi connectivity index (χ3v) is 2.22.